The normalized spacial score (nSPS) is 51.6. The number of aliphatic hydroxyl groups excluding tert-OH is 3. The molecule has 3 unspecified atom stereocenters. The molecule has 2 saturated heterocycles. The molecule has 0 radical (unpaired) electrons. The lowest BCUT2D eigenvalue weighted by Crippen LogP contribution is -2.70. The van der Waals surface area contributed by atoms with Crippen LogP contribution in [0.25, 0.3) is 0 Å². The van der Waals surface area contributed by atoms with Gasteiger partial charge in [-0.05, 0) is 112 Å². The third kappa shape index (κ3) is 5.99. The molecule has 12 heteroatoms. The molecule has 298 valence electrons. The van der Waals surface area contributed by atoms with Crippen molar-refractivity contribution < 1.29 is 58.8 Å². The van der Waals surface area contributed by atoms with Crippen LogP contribution < -0.4 is 0 Å². The molecule has 5 N–H and O–H groups in total. The molecular formula is C40H66O12. The summed E-state index contributed by atoms with van der Waals surface area (Å²) in [6.45, 7) is 19.4. The topological polar surface area (TPSA) is 181 Å². The van der Waals surface area contributed by atoms with Gasteiger partial charge in [0.15, 0.2) is 6.29 Å². The Labute approximate surface area is 309 Å². The van der Waals surface area contributed by atoms with E-state index in [1.54, 1.807) is 13.8 Å². The molecule has 2 aliphatic heterocycles. The molecule has 0 amide bonds. The predicted octanol–water partition coefficient (Wildman–Crippen LogP) is 3.79. The molecular weight excluding hydrogens is 672 g/mol. The van der Waals surface area contributed by atoms with Gasteiger partial charge in [-0.15, -0.1) is 0 Å². The largest absolute Gasteiger partial charge is 0.463 e. The van der Waals surface area contributed by atoms with Crippen molar-refractivity contribution in [1.82, 2.24) is 0 Å². The molecule has 12 nitrogen and oxygen atoms in total. The first-order valence-electron chi connectivity index (χ1n) is 19.6. The van der Waals surface area contributed by atoms with Crippen LogP contribution >= 0.6 is 0 Å². The summed E-state index contributed by atoms with van der Waals surface area (Å²) in [6, 6.07) is 0. The highest BCUT2D eigenvalue weighted by molar-refractivity contribution is 5.66. The van der Waals surface area contributed by atoms with Gasteiger partial charge >= 0.3 is 11.9 Å². The van der Waals surface area contributed by atoms with Crippen molar-refractivity contribution >= 4 is 11.9 Å². The molecule has 4 saturated carbocycles. The van der Waals surface area contributed by atoms with Gasteiger partial charge in [-0.2, -0.15) is 0 Å². The third-order valence-electron chi connectivity index (χ3n) is 16.1. The van der Waals surface area contributed by atoms with Gasteiger partial charge in [-0.3, -0.25) is 9.59 Å². The zero-order valence-electron chi connectivity index (χ0n) is 33.0. The number of esters is 2. The maximum Gasteiger partial charge on any atom is 0.302 e. The number of hydrogen-bond donors (Lipinski definition) is 5. The van der Waals surface area contributed by atoms with Gasteiger partial charge in [0, 0.05) is 19.8 Å². The fourth-order valence-electron chi connectivity index (χ4n) is 13.1. The van der Waals surface area contributed by atoms with Crippen LogP contribution in [-0.2, 0) is 33.3 Å². The van der Waals surface area contributed by atoms with E-state index in [-0.39, 0.29) is 52.7 Å². The molecule has 0 bridgehead atoms. The number of aliphatic hydroxyl groups is 5. The molecule has 4 aliphatic carbocycles. The van der Waals surface area contributed by atoms with E-state index in [0.29, 0.717) is 32.1 Å². The number of ether oxygens (including phenoxy) is 5. The Morgan fingerprint density at radius 1 is 0.808 bits per heavy atom. The second kappa shape index (κ2) is 13.1. The first-order valence-corrected chi connectivity index (χ1v) is 19.6. The maximum absolute atomic E-state index is 13.0. The number of rotatable bonds is 7. The molecule has 6 rings (SSSR count). The summed E-state index contributed by atoms with van der Waals surface area (Å²) in [5, 5.41) is 56.0. The van der Waals surface area contributed by atoms with Crippen LogP contribution in [-0.4, -0.2) is 110 Å². The van der Waals surface area contributed by atoms with Gasteiger partial charge in [0.05, 0.1) is 23.4 Å². The molecule has 6 aliphatic rings. The minimum absolute atomic E-state index is 0.162. The summed E-state index contributed by atoms with van der Waals surface area (Å²) in [4.78, 5) is 24.3. The molecule has 2 heterocycles. The highest BCUT2D eigenvalue weighted by Gasteiger charge is 2.76. The Balaban J connectivity index is 1.28. The van der Waals surface area contributed by atoms with Crippen LogP contribution in [0.3, 0.4) is 0 Å². The molecule has 52 heavy (non-hydrogen) atoms. The van der Waals surface area contributed by atoms with E-state index in [9.17, 15) is 35.1 Å². The standard InChI is InChI=1S/C40H66O12/c1-21(41)48-20-24-29(43)30(44)31(45)33(50-24)51-27-12-14-36(7)25(34(27,3)4)11-15-37(8)26(36)19-23(49-22(2)42)32-38(37,9)17-18-40(32,47)39(10)16-13-28(52-39)35(5,6)46/h23-33,43-47H,11-20H2,1-10H3/t23?,24-,25?,26-,27-,28-,29-,30+,31-,32?,33+,36+,37-,38-,39+,40-/m1/s1. The Morgan fingerprint density at radius 2 is 1.48 bits per heavy atom. The van der Waals surface area contributed by atoms with Crippen LogP contribution in [0.2, 0.25) is 0 Å². The van der Waals surface area contributed by atoms with Gasteiger partial charge in [-0.1, -0.05) is 34.6 Å². The van der Waals surface area contributed by atoms with Gasteiger partial charge < -0.3 is 49.2 Å². The van der Waals surface area contributed by atoms with Crippen LogP contribution in [0, 0.1) is 39.4 Å². The summed E-state index contributed by atoms with van der Waals surface area (Å²) in [5.74, 6) is -0.915. The fraction of sp³-hybridized carbons (Fsp3) is 0.950. The molecule has 6 fully saturated rings. The SMILES string of the molecule is CC(=O)OC[C@H]1O[C@@H](O[C@@H]2CC[C@@]3(C)C(CC[C@]4(C)[C@@H]3CC(OC(C)=O)C3[C@@](O)([C@]5(C)CC[C@H](C(C)(C)O)O5)CC[C@]34C)C2(C)C)[C@H](O)[C@@H](O)[C@@H]1O. The van der Waals surface area contributed by atoms with Crippen molar-refractivity contribution in [2.45, 2.75) is 193 Å². The van der Waals surface area contributed by atoms with Crippen molar-refractivity contribution in [2.24, 2.45) is 39.4 Å². The summed E-state index contributed by atoms with van der Waals surface area (Å²) < 4.78 is 30.5. The Bertz CT molecular complexity index is 1380. The van der Waals surface area contributed by atoms with Crippen LogP contribution in [0.1, 0.15) is 127 Å². The zero-order chi connectivity index (χ0) is 38.6. The van der Waals surface area contributed by atoms with E-state index in [2.05, 4.69) is 34.6 Å². The van der Waals surface area contributed by atoms with E-state index < -0.39 is 71.1 Å². The minimum Gasteiger partial charge on any atom is -0.463 e. The average Bonchev–Trinajstić information content (AvgIpc) is 3.59. The van der Waals surface area contributed by atoms with Crippen molar-refractivity contribution in [2.75, 3.05) is 6.61 Å². The smallest absolute Gasteiger partial charge is 0.302 e. The Hall–Kier alpha value is -1.38. The van der Waals surface area contributed by atoms with Crippen LogP contribution in [0.15, 0.2) is 0 Å². The molecule has 0 aromatic rings. The van der Waals surface area contributed by atoms with Gasteiger partial charge in [0.2, 0.25) is 0 Å². The van der Waals surface area contributed by atoms with Gasteiger partial charge in [0.25, 0.3) is 0 Å². The van der Waals surface area contributed by atoms with Crippen molar-refractivity contribution in [3.63, 3.8) is 0 Å². The highest BCUT2D eigenvalue weighted by Crippen LogP contribution is 2.77. The molecule has 0 aromatic heterocycles. The minimum atomic E-state index is -1.54. The lowest BCUT2D eigenvalue weighted by molar-refractivity contribution is -0.333. The highest BCUT2D eigenvalue weighted by atomic mass is 16.7. The van der Waals surface area contributed by atoms with E-state index in [4.69, 9.17) is 23.7 Å². The van der Waals surface area contributed by atoms with E-state index in [0.717, 1.165) is 25.7 Å². The maximum atomic E-state index is 13.0. The quantitative estimate of drug-likeness (QED) is 0.189. The predicted molar refractivity (Wildman–Crippen MR) is 188 cm³/mol. The van der Waals surface area contributed by atoms with E-state index >= 15 is 0 Å². The lowest BCUT2D eigenvalue weighted by atomic mass is 9.35. The second-order valence-electron chi connectivity index (χ2n) is 19.6. The van der Waals surface area contributed by atoms with Crippen LogP contribution in [0.4, 0.5) is 0 Å². The average molecular weight is 739 g/mol. The first kappa shape index (κ1) is 40.3. The van der Waals surface area contributed by atoms with Crippen LogP contribution in [0.5, 0.6) is 0 Å². The summed E-state index contributed by atoms with van der Waals surface area (Å²) >= 11 is 0. The van der Waals surface area contributed by atoms with E-state index in [1.165, 1.54) is 13.8 Å². The second-order valence-corrected chi connectivity index (χ2v) is 19.6. The van der Waals surface area contributed by atoms with Crippen molar-refractivity contribution in [3.05, 3.63) is 0 Å². The van der Waals surface area contributed by atoms with E-state index in [1.807, 2.05) is 6.92 Å². The summed E-state index contributed by atoms with van der Waals surface area (Å²) in [5.41, 5.74) is -4.35. The molecule has 0 spiro atoms. The first-order chi connectivity index (χ1) is 23.9. The molecule has 16 atom stereocenters. The zero-order valence-corrected chi connectivity index (χ0v) is 33.0. The summed E-state index contributed by atoms with van der Waals surface area (Å²) in [7, 11) is 0. The van der Waals surface area contributed by atoms with Gasteiger partial charge in [0.1, 0.15) is 42.7 Å². The fourth-order valence-corrected chi connectivity index (χ4v) is 13.1. The number of fused-ring (bicyclic) bond motifs is 5. The third-order valence-corrected chi connectivity index (χ3v) is 16.1. The number of carbonyl (C=O) groups excluding carboxylic acids is 2. The van der Waals surface area contributed by atoms with Gasteiger partial charge in [-0.25, -0.2) is 0 Å². The number of carbonyl (C=O) groups is 2. The Kier molecular flexibility index (Phi) is 10.2. The Morgan fingerprint density at radius 3 is 2.08 bits per heavy atom. The van der Waals surface area contributed by atoms with Crippen molar-refractivity contribution in [1.29, 1.82) is 0 Å². The monoisotopic (exact) mass is 738 g/mol. The van der Waals surface area contributed by atoms with Crippen molar-refractivity contribution in [3.8, 4) is 0 Å². The number of hydrogen-bond acceptors (Lipinski definition) is 12. The molecule has 0 aromatic carbocycles. The summed E-state index contributed by atoms with van der Waals surface area (Å²) in [6.07, 6.45) is -1.62. The lowest BCUT2D eigenvalue weighted by Gasteiger charge is -2.71.